The van der Waals surface area contributed by atoms with E-state index in [1.807, 2.05) is 0 Å². The quantitative estimate of drug-likeness (QED) is 0.605. The molecule has 0 amide bonds. The molecule has 0 radical (unpaired) electrons. The Balaban J connectivity index is 3.27. The Hall–Kier alpha value is -1.51. The molecule has 0 fully saturated rings. The molecule has 0 spiro atoms. The Kier molecular flexibility index (Phi) is 1.58. The Morgan fingerprint density at radius 1 is 1.70 bits per heavy atom. The minimum atomic E-state index is -0.00231. The van der Waals surface area contributed by atoms with Gasteiger partial charge < -0.3 is 10.8 Å². The molecular weight excluding hydrogens is 128 g/mol. The molecule has 3 nitrogen and oxygen atoms in total. The molecule has 1 aromatic heterocycles. The predicted octanol–water partition coefficient (Wildman–Crippen LogP) is 1.01. The first-order valence-corrected chi connectivity index (χ1v) is 2.81. The van der Waals surface area contributed by atoms with Crippen LogP contribution in [0.1, 0.15) is 5.69 Å². The maximum Gasteiger partial charge on any atom is 0.164 e. The van der Waals surface area contributed by atoms with Crippen molar-refractivity contribution in [2.45, 2.75) is 0 Å². The molecule has 1 aromatic rings. The maximum atomic E-state index is 9.14. The molecule has 0 aliphatic carbocycles. The molecule has 0 saturated heterocycles. The third-order valence-corrected chi connectivity index (χ3v) is 1.18. The van der Waals surface area contributed by atoms with E-state index in [1.54, 1.807) is 0 Å². The van der Waals surface area contributed by atoms with Crippen molar-refractivity contribution in [1.82, 2.24) is 4.98 Å². The van der Waals surface area contributed by atoms with Crippen molar-refractivity contribution in [3.8, 4) is 5.75 Å². The van der Waals surface area contributed by atoms with Gasteiger partial charge in [-0.3, -0.25) is 4.98 Å². The summed E-state index contributed by atoms with van der Waals surface area (Å²) in [5.74, 6) is -0.00231. The highest BCUT2D eigenvalue weighted by atomic mass is 16.3. The summed E-state index contributed by atoms with van der Waals surface area (Å²) < 4.78 is 0. The van der Waals surface area contributed by atoms with E-state index >= 15 is 0 Å². The Labute approximate surface area is 58.8 Å². The average Bonchev–Trinajstić information content (AvgIpc) is 1.95. The van der Waals surface area contributed by atoms with Gasteiger partial charge in [-0.1, -0.05) is 6.58 Å². The maximum absolute atomic E-state index is 9.14. The van der Waals surface area contributed by atoms with Gasteiger partial charge in [-0.15, -0.1) is 0 Å². The van der Waals surface area contributed by atoms with Crippen LogP contribution in [0.2, 0.25) is 0 Å². The van der Waals surface area contributed by atoms with Gasteiger partial charge in [0.1, 0.15) is 5.69 Å². The van der Waals surface area contributed by atoms with Crippen molar-refractivity contribution in [3.05, 3.63) is 24.5 Å². The van der Waals surface area contributed by atoms with Crippen LogP contribution in [0.25, 0.3) is 6.08 Å². The summed E-state index contributed by atoms with van der Waals surface area (Å²) in [7, 11) is 0. The van der Waals surface area contributed by atoms with Crippen LogP contribution in [0.4, 0.5) is 5.69 Å². The standard InChI is InChI=1S/C7H8N2O/c1-2-6-7(10)5(8)3-4-9-6/h2-4,10H,1H2,(H2,8,9). The molecule has 0 aliphatic rings. The minimum absolute atomic E-state index is 0.00231. The molecule has 3 heteroatoms. The first kappa shape index (κ1) is 6.61. The van der Waals surface area contributed by atoms with E-state index in [2.05, 4.69) is 11.6 Å². The second-order valence-corrected chi connectivity index (χ2v) is 1.84. The van der Waals surface area contributed by atoms with Crippen LogP contribution < -0.4 is 5.73 Å². The highest BCUT2D eigenvalue weighted by Crippen LogP contribution is 2.22. The monoisotopic (exact) mass is 136 g/mol. The predicted molar refractivity (Wildman–Crippen MR) is 40.4 cm³/mol. The third kappa shape index (κ3) is 0.932. The lowest BCUT2D eigenvalue weighted by atomic mass is 10.3. The van der Waals surface area contributed by atoms with Crippen molar-refractivity contribution >= 4 is 11.8 Å². The largest absolute Gasteiger partial charge is 0.504 e. The van der Waals surface area contributed by atoms with E-state index < -0.39 is 0 Å². The molecule has 1 rings (SSSR count). The summed E-state index contributed by atoms with van der Waals surface area (Å²) in [6, 6.07) is 1.53. The zero-order valence-corrected chi connectivity index (χ0v) is 5.41. The molecule has 0 saturated carbocycles. The highest BCUT2D eigenvalue weighted by Gasteiger charge is 1.99. The zero-order chi connectivity index (χ0) is 7.56. The molecule has 0 aliphatic heterocycles. The van der Waals surface area contributed by atoms with Gasteiger partial charge in [0, 0.05) is 6.20 Å². The van der Waals surface area contributed by atoms with Crippen LogP contribution in [0.3, 0.4) is 0 Å². The van der Waals surface area contributed by atoms with Gasteiger partial charge in [-0.25, -0.2) is 0 Å². The normalized spacial score (nSPS) is 9.20. The smallest absolute Gasteiger partial charge is 0.164 e. The topological polar surface area (TPSA) is 59.1 Å². The summed E-state index contributed by atoms with van der Waals surface area (Å²) in [5.41, 5.74) is 6.10. The fraction of sp³-hybridized carbons (Fsp3) is 0. The van der Waals surface area contributed by atoms with Crippen molar-refractivity contribution in [1.29, 1.82) is 0 Å². The van der Waals surface area contributed by atoms with Gasteiger partial charge in [0.2, 0.25) is 0 Å². The molecule has 0 unspecified atom stereocenters. The van der Waals surface area contributed by atoms with E-state index in [0.29, 0.717) is 11.4 Å². The number of hydrogen-bond acceptors (Lipinski definition) is 3. The van der Waals surface area contributed by atoms with Gasteiger partial charge in [0.25, 0.3) is 0 Å². The van der Waals surface area contributed by atoms with Gasteiger partial charge in [-0.05, 0) is 12.1 Å². The minimum Gasteiger partial charge on any atom is -0.504 e. The Morgan fingerprint density at radius 3 is 2.90 bits per heavy atom. The number of pyridine rings is 1. The molecule has 52 valence electrons. The number of hydrogen-bond donors (Lipinski definition) is 2. The number of anilines is 1. The van der Waals surface area contributed by atoms with Crippen LogP contribution >= 0.6 is 0 Å². The lowest BCUT2D eigenvalue weighted by Gasteiger charge is -1.99. The second-order valence-electron chi connectivity index (χ2n) is 1.84. The van der Waals surface area contributed by atoms with Crippen LogP contribution in [0, 0.1) is 0 Å². The fourth-order valence-electron chi connectivity index (χ4n) is 0.635. The van der Waals surface area contributed by atoms with Crippen LogP contribution in [0.5, 0.6) is 5.75 Å². The van der Waals surface area contributed by atoms with Crippen LogP contribution in [-0.2, 0) is 0 Å². The van der Waals surface area contributed by atoms with Gasteiger partial charge in [0.05, 0.1) is 5.69 Å². The summed E-state index contributed by atoms with van der Waals surface area (Å²) in [6.07, 6.45) is 2.97. The SMILES string of the molecule is C=Cc1nccc(N)c1O. The van der Waals surface area contributed by atoms with Crippen LogP contribution in [0.15, 0.2) is 18.8 Å². The Bertz CT molecular complexity index is 258. The average molecular weight is 136 g/mol. The first-order valence-electron chi connectivity index (χ1n) is 2.81. The van der Waals surface area contributed by atoms with Gasteiger partial charge >= 0.3 is 0 Å². The molecule has 0 bridgehead atoms. The summed E-state index contributed by atoms with van der Waals surface area (Å²) in [4.78, 5) is 3.81. The zero-order valence-electron chi connectivity index (χ0n) is 5.41. The molecule has 3 N–H and O–H groups in total. The van der Waals surface area contributed by atoms with E-state index in [0.717, 1.165) is 0 Å². The Morgan fingerprint density at radius 2 is 2.40 bits per heavy atom. The second kappa shape index (κ2) is 2.39. The molecule has 0 atom stereocenters. The van der Waals surface area contributed by atoms with E-state index in [1.165, 1.54) is 18.3 Å². The number of nitrogen functional groups attached to an aromatic ring is 1. The van der Waals surface area contributed by atoms with E-state index in [9.17, 15) is 0 Å². The first-order chi connectivity index (χ1) is 4.75. The third-order valence-electron chi connectivity index (χ3n) is 1.18. The van der Waals surface area contributed by atoms with E-state index in [4.69, 9.17) is 10.8 Å². The number of nitrogens with two attached hydrogens (primary N) is 1. The summed E-state index contributed by atoms with van der Waals surface area (Å²) >= 11 is 0. The number of nitrogens with zero attached hydrogens (tertiary/aromatic N) is 1. The molecule has 10 heavy (non-hydrogen) atoms. The molecule has 1 heterocycles. The summed E-state index contributed by atoms with van der Waals surface area (Å²) in [5, 5.41) is 9.14. The fourth-order valence-corrected chi connectivity index (χ4v) is 0.635. The van der Waals surface area contributed by atoms with Gasteiger partial charge in [-0.2, -0.15) is 0 Å². The van der Waals surface area contributed by atoms with E-state index in [-0.39, 0.29) is 5.75 Å². The van der Waals surface area contributed by atoms with Crippen molar-refractivity contribution in [2.24, 2.45) is 0 Å². The van der Waals surface area contributed by atoms with Gasteiger partial charge in [0.15, 0.2) is 5.75 Å². The summed E-state index contributed by atoms with van der Waals surface area (Å²) in [6.45, 7) is 3.45. The number of aromatic hydroxyl groups is 1. The lowest BCUT2D eigenvalue weighted by molar-refractivity contribution is 0.474. The van der Waals surface area contributed by atoms with Crippen molar-refractivity contribution in [2.75, 3.05) is 5.73 Å². The van der Waals surface area contributed by atoms with Crippen molar-refractivity contribution in [3.63, 3.8) is 0 Å². The number of aromatic nitrogens is 1. The number of rotatable bonds is 1. The highest BCUT2D eigenvalue weighted by molar-refractivity contribution is 5.62. The molecule has 0 aromatic carbocycles. The van der Waals surface area contributed by atoms with Crippen LogP contribution in [-0.4, -0.2) is 10.1 Å². The lowest BCUT2D eigenvalue weighted by Crippen LogP contribution is -1.89. The molecular formula is C7H8N2O. The van der Waals surface area contributed by atoms with Crippen molar-refractivity contribution < 1.29 is 5.11 Å².